The summed E-state index contributed by atoms with van der Waals surface area (Å²) in [5.41, 5.74) is 7.97. The van der Waals surface area contributed by atoms with Crippen molar-refractivity contribution < 1.29 is 27.6 Å². The molecular weight excluding hydrogens is 227 g/mol. The molecule has 0 spiro atoms. The highest BCUT2D eigenvalue weighted by Gasteiger charge is 2.38. The predicted molar refractivity (Wildman–Crippen MR) is 47.6 cm³/mol. The zero-order valence-corrected chi connectivity index (χ0v) is 8.25. The van der Waals surface area contributed by atoms with Gasteiger partial charge in [-0.25, -0.2) is 0 Å². The summed E-state index contributed by atoms with van der Waals surface area (Å²) in [4.78, 5) is 23.5. The second-order valence-electron chi connectivity index (χ2n) is 2.92. The number of amides is 1. The molecule has 0 aliphatic heterocycles. The van der Waals surface area contributed by atoms with E-state index in [0.29, 0.717) is 12.6 Å². The molecule has 1 N–H and O–H groups in total. The maximum atomic E-state index is 11.7. The maximum absolute atomic E-state index is 11.7. The van der Waals surface area contributed by atoms with Crippen molar-refractivity contribution in [3.63, 3.8) is 0 Å². The number of Topliss-reactive ketones (excluding diaryl/α,β-unsaturated/α-hetero) is 1. The SMILES string of the molecule is [N-]=[N+]=CC(=O)CCCCNC(=O)C(F)(F)F. The van der Waals surface area contributed by atoms with Gasteiger partial charge >= 0.3 is 18.3 Å². The average molecular weight is 237 g/mol. The van der Waals surface area contributed by atoms with Gasteiger partial charge in [0.1, 0.15) is 0 Å². The molecule has 0 radical (unpaired) electrons. The number of carbonyl (C=O) groups excluding carboxylic acids is 2. The van der Waals surface area contributed by atoms with Crippen molar-refractivity contribution in [2.75, 3.05) is 6.54 Å². The van der Waals surface area contributed by atoms with Gasteiger partial charge in [0, 0.05) is 13.0 Å². The summed E-state index contributed by atoms with van der Waals surface area (Å²) in [6.07, 6.45) is -3.55. The molecule has 0 rings (SSSR count). The molecular formula is C8H10F3N3O2. The molecule has 0 saturated carbocycles. The first kappa shape index (κ1) is 14.3. The van der Waals surface area contributed by atoms with Crippen LogP contribution >= 0.6 is 0 Å². The molecule has 0 aromatic heterocycles. The highest BCUT2D eigenvalue weighted by molar-refractivity contribution is 6.25. The molecule has 0 aromatic carbocycles. The zero-order valence-electron chi connectivity index (χ0n) is 8.25. The normalized spacial score (nSPS) is 10.4. The summed E-state index contributed by atoms with van der Waals surface area (Å²) in [6, 6.07) is 0. The third kappa shape index (κ3) is 6.72. The molecule has 0 aliphatic carbocycles. The highest BCUT2D eigenvalue weighted by Crippen LogP contribution is 2.13. The Kier molecular flexibility index (Phi) is 6.02. The van der Waals surface area contributed by atoms with Gasteiger partial charge in [0.2, 0.25) is 5.78 Å². The van der Waals surface area contributed by atoms with Gasteiger partial charge in [-0.1, -0.05) is 0 Å². The lowest BCUT2D eigenvalue weighted by Crippen LogP contribution is -2.37. The lowest BCUT2D eigenvalue weighted by atomic mass is 10.2. The first-order chi connectivity index (χ1) is 7.38. The van der Waals surface area contributed by atoms with Crippen LogP contribution in [0.15, 0.2) is 0 Å². The van der Waals surface area contributed by atoms with E-state index in [9.17, 15) is 22.8 Å². The molecule has 0 bridgehead atoms. The monoisotopic (exact) mass is 237 g/mol. The molecule has 0 unspecified atom stereocenters. The summed E-state index contributed by atoms with van der Waals surface area (Å²) >= 11 is 0. The predicted octanol–water partition coefficient (Wildman–Crippen LogP) is 0.705. The van der Waals surface area contributed by atoms with Crippen LogP contribution in [0.5, 0.6) is 0 Å². The van der Waals surface area contributed by atoms with Crippen molar-refractivity contribution in [1.29, 1.82) is 0 Å². The third-order valence-electron chi connectivity index (χ3n) is 1.59. The standard InChI is InChI=1S/C8H10F3N3O2/c9-8(10,11)7(16)13-4-2-1-3-6(15)5-14-12/h5H,1-4H2,(H,13,16). The Bertz CT molecular complexity index is 308. The number of carbonyl (C=O) groups is 2. The average Bonchev–Trinajstić information content (AvgIpc) is 2.16. The van der Waals surface area contributed by atoms with Gasteiger partial charge in [-0.2, -0.15) is 18.0 Å². The van der Waals surface area contributed by atoms with Gasteiger partial charge in [-0.05, 0) is 12.8 Å². The van der Waals surface area contributed by atoms with Crippen LogP contribution in [0.3, 0.4) is 0 Å². The summed E-state index contributed by atoms with van der Waals surface area (Å²) in [6.45, 7) is -0.151. The summed E-state index contributed by atoms with van der Waals surface area (Å²) in [5.74, 6) is -2.42. The van der Waals surface area contributed by atoms with Crippen LogP contribution in [-0.2, 0) is 9.59 Å². The second-order valence-corrected chi connectivity index (χ2v) is 2.92. The largest absolute Gasteiger partial charge is 0.471 e. The molecule has 0 saturated heterocycles. The van der Waals surface area contributed by atoms with E-state index >= 15 is 0 Å². The molecule has 0 atom stereocenters. The number of unbranched alkanes of at least 4 members (excludes halogenated alkanes) is 1. The van der Waals surface area contributed by atoms with Crippen molar-refractivity contribution in [3.05, 3.63) is 5.53 Å². The fraction of sp³-hybridized carbons (Fsp3) is 0.625. The van der Waals surface area contributed by atoms with Gasteiger partial charge in [-0.15, -0.1) is 0 Å². The van der Waals surface area contributed by atoms with Crippen LogP contribution in [0, 0.1) is 0 Å². The van der Waals surface area contributed by atoms with E-state index in [1.165, 1.54) is 0 Å². The Morgan fingerprint density at radius 1 is 1.31 bits per heavy atom. The van der Waals surface area contributed by atoms with Crippen molar-refractivity contribution >= 4 is 17.9 Å². The fourth-order valence-corrected chi connectivity index (χ4v) is 0.855. The van der Waals surface area contributed by atoms with Crippen molar-refractivity contribution in [2.24, 2.45) is 0 Å². The van der Waals surface area contributed by atoms with Crippen LogP contribution in [0.25, 0.3) is 5.53 Å². The number of rotatable bonds is 6. The molecule has 0 fully saturated rings. The molecule has 0 aliphatic rings. The van der Waals surface area contributed by atoms with Crippen LogP contribution in [0.1, 0.15) is 19.3 Å². The molecule has 0 aromatic rings. The molecule has 16 heavy (non-hydrogen) atoms. The Labute approximate surface area is 89.2 Å². The second kappa shape index (κ2) is 6.73. The number of alkyl halides is 3. The van der Waals surface area contributed by atoms with Crippen LogP contribution in [0.4, 0.5) is 13.2 Å². The van der Waals surface area contributed by atoms with Crippen molar-refractivity contribution in [2.45, 2.75) is 25.4 Å². The topological polar surface area (TPSA) is 82.6 Å². The van der Waals surface area contributed by atoms with E-state index in [0.717, 1.165) is 0 Å². The van der Waals surface area contributed by atoms with E-state index < -0.39 is 17.9 Å². The Balaban J connectivity index is 3.59. The lowest BCUT2D eigenvalue weighted by Gasteiger charge is -2.06. The minimum absolute atomic E-state index is 0.0615. The van der Waals surface area contributed by atoms with Crippen LogP contribution in [-0.4, -0.2) is 35.4 Å². The van der Waals surface area contributed by atoms with Gasteiger partial charge in [-0.3, -0.25) is 9.59 Å². The summed E-state index contributed by atoms with van der Waals surface area (Å²) < 4.78 is 35.0. The molecule has 8 heteroatoms. The number of nitrogens with zero attached hydrogens (tertiary/aromatic N) is 2. The minimum Gasteiger partial charge on any atom is -0.361 e. The van der Waals surface area contributed by atoms with Gasteiger partial charge in [0.15, 0.2) is 0 Å². The van der Waals surface area contributed by atoms with Crippen molar-refractivity contribution in [1.82, 2.24) is 5.32 Å². The molecule has 90 valence electrons. The summed E-state index contributed by atoms with van der Waals surface area (Å²) in [7, 11) is 0. The lowest BCUT2D eigenvalue weighted by molar-refractivity contribution is -0.173. The van der Waals surface area contributed by atoms with Crippen LogP contribution in [0.2, 0.25) is 0 Å². The Morgan fingerprint density at radius 3 is 2.44 bits per heavy atom. The molecule has 1 amide bonds. The van der Waals surface area contributed by atoms with Gasteiger partial charge < -0.3 is 10.8 Å². The van der Waals surface area contributed by atoms with E-state index in [1.54, 1.807) is 5.32 Å². The highest BCUT2D eigenvalue weighted by atomic mass is 19.4. The number of hydrogen-bond acceptors (Lipinski definition) is 2. The van der Waals surface area contributed by atoms with E-state index in [2.05, 4.69) is 4.79 Å². The minimum atomic E-state index is -4.88. The van der Waals surface area contributed by atoms with Crippen molar-refractivity contribution in [3.8, 4) is 0 Å². The number of ketones is 1. The molecule has 5 nitrogen and oxygen atoms in total. The Hall–Kier alpha value is -1.69. The van der Waals surface area contributed by atoms with E-state index in [-0.39, 0.29) is 19.4 Å². The Morgan fingerprint density at radius 2 is 1.94 bits per heavy atom. The first-order valence-electron chi connectivity index (χ1n) is 4.43. The quantitative estimate of drug-likeness (QED) is 0.319. The maximum Gasteiger partial charge on any atom is 0.471 e. The first-order valence-corrected chi connectivity index (χ1v) is 4.43. The molecule has 0 heterocycles. The smallest absolute Gasteiger partial charge is 0.361 e. The number of hydrogen-bond donors (Lipinski definition) is 1. The number of nitrogens with one attached hydrogen (secondary N) is 1. The fourth-order valence-electron chi connectivity index (χ4n) is 0.855. The van der Waals surface area contributed by atoms with Gasteiger partial charge in [0.25, 0.3) is 0 Å². The van der Waals surface area contributed by atoms with Gasteiger partial charge in [0.05, 0.1) is 0 Å². The van der Waals surface area contributed by atoms with Crippen LogP contribution < -0.4 is 5.32 Å². The number of halogens is 3. The third-order valence-corrected chi connectivity index (χ3v) is 1.59. The van der Waals surface area contributed by atoms with E-state index in [4.69, 9.17) is 5.53 Å². The zero-order chi connectivity index (χ0) is 12.6. The van der Waals surface area contributed by atoms with E-state index in [1.807, 2.05) is 0 Å². The summed E-state index contributed by atoms with van der Waals surface area (Å²) in [5, 5.41) is 1.67.